The van der Waals surface area contributed by atoms with E-state index in [1.165, 1.54) is 25.3 Å². The Balaban J connectivity index is 0.00000208. The SMILES string of the molecule is COc1cc(C(=O)O)nc2c(N3CCN(C)CC3)cc(F)cc12.Cl. The molecule has 1 aromatic carbocycles. The minimum Gasteiger partial charge on any atom is -0.496 e. The van der Waals surface area contributed by atoms with Crippen LogP contribution >= 0.6 is 12.4 Å². The van der Waals surface area contributed by atoms with Crippen molar-refractivity contribution in [2.75, 3.05) is 45.2 Å². The van der Waals surface area contributed by atoms with Crippen LogP contribution in [0.5, 0.6) is 5.75 Å². The maximum Gasteiger partial charge on any atom is 0.354 e. The minimum absolute atomic E-state index is 0. The number of ether oxygens (including phenoxy) is 1. The fourth-order valence-corrected chi connectivity index (χ4v) is 2.81. The van der Waals surface area contributed by atoms with Gasteiger partial charge in [-0.3, -0.25) is 0 Å². The molecule has 1 saturated heterocycles. The molecular weight excluding hydrogens is 337 g/mol. The van der Waals surface area contributed by atoms with Crippen LogP contribution < -0.4 is 9.64 Å². The number of rotatable bonds is 3. The smallest absolute Gasteiger partial charge is 0.354 e. The number of pyridine rings is 1. The number of aromatic nitrogens is 1. The molecule has 2 aromatic rings. The van der Waals surface area contributed by atoms with Gasteiger partial charge in [0.2, 0.25) is 0 Å². The molecule has 0 atom stereocenters. The van der Waals surface area contributed by atoms with E-state index in [2.05, 4.69) is 9.88 Å². The molecule has 130 valence electrons. The van der Waals surface area contributed by atoms with Gasteiger partial charge in [-0.15, -0.1) is 12.4 Å². The topological polar surface area (TPSA) is 65.9 Å². The third-order valence-corrected chi connectivity index (χ3v) is 4.10. The van der Waals surface area contributed by atoms with Crippen LogP contribution in [0, 0.1) is 5.82 Å². The van der Waals surface area contributed by atoms with Crippen LogP contribution in [0.15, 0.2) is 18.2 Å². The average Bonchev–Trinajstić information content (AvgIpc) is 2.53. The lowest BCUT2D eigenvalue weighted by molar-refractivity contribution is 0.0690. The van der Waals surface area contributed by atoms with Gasteiger partial charge < -0.3 is 19.6 Å². The molecule has 1 aliphatic heterocycles. The second-order valence-corrected chi connectivity index (χ2v) is 5.63. The number of anilines is 1. The van der Waals surface area contributed by atoms with Crippen molar-refractivity contribution in [2.45, 2.75) is 0 Å². The van der Waals surface area contributed by atoms with Crippen LogP contribution in [-0.2, 0) is 0 Å². The van der Waals surface area contributed by atoms with Gasteiger partial charge >= 0.3 is 5.97 Å². The summed E-state index contributed by atoms with van der Waals surface area (Å²) in [6, 6.07) is 4.05. The van der Waals surface area contributed by atoms with Gasteiger partial charge in [0.1, 0.15) is 11.6 Å². The molecule has 24 heavy (non-hydrogen) atoms. The Hall–Kier alpha value is -2.12. The zero-order valence-electron chi connectivity index (χ0n) is 13.5. The maximum absolute atomic E-state index is 14.1. The van der Waals surface area contributed by atoms with Crippen molar-refractivity contribution in [1.29, 1.82) is 0 Å². The summed E-state index contributed by atoms with van der Waals surface area (Å²) >= 11 is 0. The third kappa shape index (κ3) is 3.37. The van der Waals surface area contributed by atoms with Gasteiger partial charge in [-0.25, -0.2) is 14.2 Å². The molecule has 3 rings (SSSR count). The average molecular weight is 356 g/mol. The minimum atomic E-state index is -1.14. The standard InChI is InChI=1S/C16H18FN3O3.ClH/c1-19-3-5-20(6-4-19)13-8-10(17)7-11-14(23-2)9-12(16(21)22)18-15(11)13;/h7-9H,3-6H2,1-2H3,(H,21,22);1H. The van der Waals surface area contributed by atoms with Gasteiger partial charge in [0.05, 0.1) is 18.3 Å². The first-order valence-corrected chi connectivity index (χ1v) is 7.34. The Labute approximate surface area is 145 Å². The van der Waals surface area contributed by atoms with E-state index in [-0.39, 0.29) is 18.1 Å². The number of fused-ring (bicyclic) bond motifs is 1. The molecule has 1 fully saturated rings. The summed E-state index contributed by atoms with van der Waals surface area (Å²) in [4.78, 5) is 19.7. The number of nitrogens with zero attached hydrogens (tertiary/aromatic N) is 3. The van der Waals surface area contributed by atoms with E-state index in [9.17, 15) is 14.3 Å². The molecule has 1 N–H and O–H groups in total. The number of halogens is 2. The van der Waals surface area contributed by atoms with Crippen molar-refractivity contribution < 1.29 is 19.0 Å². The number of hydrogen-bond acceptors (Lipinski definition) is 5. The lowest BCUT2D eigenvalue weighted by atomic mass is 10.1. The number of methoxy groups -OCH3 is 1. The number of piperazine rings is 1. The van der Waals surface area contributed by atoms with E-state index < -0.39 is 11.8 Å². The highest BCUT2D eigenvalue weighted by Gasteiger charge is 2.21. The molecule has 0 radical (unpaired) electrons. The normalized spacial score (nSPS) is 15.2. The quantitative estimate of drug-likeness (QED) is 0.911. The number of carboxylic acid groups (broad SMARTS) is 1. The van der Waals surface area contributed by atoms with Crippen LogP contribution in [-0.4, -0.2) is 61.3 Å². The number of aromatic carboxylic acids is 1. The fraction of sp³-hybridized carbons (Fsp3) is 0.375. The van der Waals surface area contributed by atoms with Gasteiger partial charge in [-0.2, -0.15) is 0 Å². The number of carboxylic acids is 1. The molecule has 6 nitrogen and oxygen atoms in total. The fourth-order valence-electron chi connectivity index (χ4n) is 2.81. The molecule has 2 heterocycles. The molecular formula is C16H19ClFN3O3. The van der Waals surface area contributed by atoms with Crippen molar-refractivity contribution in [2.24, 2.45) is 0 Å². The van der Waals surface area contributed by atoms with Gasteiger partial charge in [-0.05, 0) is 19.2 Å². The Morgan fingerprint density at radius 3 is 2.50 bits per heavy atom. The monoisotopic (exact) mass is 355 g/mol. The van der Waals surface area contributed by atoms with Gasteiger partial charge in [0.15, 0.2) is 5.69 Å². The van der Waals surface area contributed by atoms with Crippen molar-refractivity contribution in [3.63, 3.8) is 0 Å². The summed E-state index contributed by atoms with van der Waals surface area (Å²) in [5, 5.41) is 9.72. The van der Waals surface area contributed by atoms with Crippen molar-refractivity contribution in [3.05, 3.63) is 29.7 Å². The van der Waals surface area contributed by atoms with Gasteiger partial charge in [-0.1, -0.05) is 0 Å². The molecule has 0 aliphatic carbocycles. The van der Waals surface area contributed by atoms with Gasteiger partial charge in [0.25, 0.3) is 0 Å². The third-order valence-electron chi connectivity index (χ3n) is 4.10. The summed E-state index contributed by atoms with van der Waals surface area (Å²) in [7, 11) is 3.46. The van der Waals surface area contributed by atoms with Crippen LogP contribution in [0.3, 0.4) is 0 Å². The Bertz CT molecular complexity index is 764. The summed E-state index contributed by atoms with van der Waals surface area (Å²) in [6.07, 6.45) is 0. The highest BCUT2D eigenvalue weighted by Crippen LogP contribution is 2.33. The Kier molecular flexibility index (Phi) is 5.46. The van der Waals surface area contributed by atoms with Crippen molar-refractivity contribution >= 4 is 35.0 Å². The first-order chi connectivity index (χ1) is 11.0. The first-order valence-electron chi connectivity index (χ1n) is 7.34. The number of benzene rings is 1. The highest BCUT2D eigenvalue weighted by molar-refractivity contribution is 5.99. The van der Waals surface area contributed by atoms with E-state index in [1.54, 1.807) is 0 Å². The van der Waals surface area contributed by atoms with Crippen LogP contribution in [0.2, 0.25) is 0 Å². The van der Waals surface area contributed by atoms with E-state index in [0.717, 1.165) is 26.2 Å². The second kappa shape index (κ2) is 7.19. The lowest BCUT2D eigenvalue weighted by Crippen LogP contribution is -2.44. The summed E-state index contributed by atoms with van der Waals surface area (Å²) < 4.78 is 19.3. The van der Waals surface area contributed by atoms with Crippen molar-refractivity contribution in [3.8, 4) is 5.75 Å². The van der Waals surface area contributed by atoms with Gasteiger partial charge in [0, 0.05) is 37.6 Å². The van der Waals surface area contributed by atoms with E-state index >= 15 is 0 Å². The zero-order valence-corrected chi connectivity index (χ0v) is 14.3. The van der Waals surface area contributed by atoms with Crippen LogP contribution in [0.4, 0.5) is 10.1 Å². The summed E-state index contributed by atoms with van der Waals surface area (Å²) in [5.41, 5.74) is 0.943. The van der Waals surface area contributed by atoms with Crippen LogP contribution in [0.25, 0.3) is 10.9 Å². The largest absolute Gasteiger partial charge is 0.496 e. The maximum atomic E-state index is 14.1. The highest BCUT2D eigenvalue weighted by atomic mass is 35.5. The molecule has 0 unspecified atom stereocenters. The van der Waals surface area contributed by atoms with E-state index in [1.807, 2.05) is 11.9 Å². The predicted octanol–water partition coefficient (Wildman–Crippen LogP) is 2.25. The lowest BCUT2D eigenvalue weighted by Gasteiger charge is -2.34. The number of carbonyl (C=O) groups is 1. The number of likely N-dealkylation sites (N-methyl/N-ethyl adjacent to an activating group) is 1. The molecule has 1 aromatic heterocycles. The molecule has 8 heteroatoms. The van der Waals surface area contributed by atoms with E-state index in [0.29, 0.717) is 22.3 Å². The first kappa shape index (κ1) is 18.2. The molecule has 0 saturated carbocycles. The Morgan fingerprint density at radius 2 is 1.92 bits per heavy atom. The molecule has 0 spiro atoms. The molecule has 0 amide bonds. The number of hydrogen-bond donors (Lipinski definition) is 1. The Morgan fingerprint density at radius 1 is 1.25 bits per heavy atom. The molecule has 0 bridgehead atoms. The summed E-state index contributed by atoms with van der Waals surface area (Å²) in [6.45, 7) is 3.17. The summed E-state index contributed by atoms with van der Waals surface area (Å²) in [5.74, 6) is -1.23. The molecule has 1 aliphatic rings. The van der Waals surface area contributed by atoms with Crippen LogP contribution in [0.1, 0.15) is 10.5 Å². The van der Waals surface area contributed by atoms with Crippen molar-refractivity contribution in [1.82, 2.24) is 9.88 Å². The second-order valence-electron chi connectivity index (χ2n) is 5.63. The predicted molar refractivity (Wildman–Crippen MR) is 92.2 cm³/mol. The zero-order chi connectivity index (χ0) is 16.6. The van der Waals surface area contributed by atoms with E-state index in [4.69, 9.17) is 4.74 Å².